The molecule has 1 aliphatic rings. The van der Waals surface area contributed by atoms with Crippen LogP contribution in [-0.2, 0) is 11.0 Å². The van der Waals surface area contributed by atoms with E-state index in [-0.39, 0.29) is 37.2 Å². The summed E-state index contributed by atoms with van der Waals surface area (Å²) in [6.07, 6.45) is -4.90. The number of benzene rings is 1. The zero-order chi connectivity index (χ0) is 16.9. The third kappa shape index (κ3) is 6.54. The van der Waals surface area contributed by atoms with Crippen molar-refractivity contribution in [3.8, 4) is 5.75 Å². The fraction of sp³-hybridized carbons (Fsp3) is 0.533. The molecule has 9 heteroatoms. The number of aliphatic hydroxyl groups excluding tert-OH is 1. The molecular formula is C15H20ClF3N2O3. The smallest absolute Gasteiger partial charge is 0.416 e. The molecule has 0 spiro atoms. The van der Waals surface area contributed by atoms with E-state index in [1.165, 1.54) is 12.1 Å². The van der Waals surface area contributed by atoms with Crippen LogP contribution in [-0.4, -0.2) is 43.4 Å². The molecule has 0 saturated carbocycles. The molecule has 1 aliphatic heterocycles. The van der Waals surface area contributed by atoms with Crippen LogP contribution in [0, 0.1) is 5.92 Å². The Morgan fingerprint density at radius 3 is 2.46 bits per heavy atom. The quantitative estimate of drug-likeness (QED) is 0.683. The van der Waals surface area contributed by atoms with Gasteiger partial charge in [-0.25, -0.2) is 0 Å². The molecule has 5 nitrogen and oxygen atoms in total. The minimum absolute atomic E-state index is 0. The van der Waals surface area contributed by atoms with E-state index >= 15 is 0 Å². The first-order valence-electron chi connectivity index (χ1n) is 7.30. The van der Waals surface area contributed by atoms with Crippen LogP contribution in [0.25, 0.3) is 0 Å². The Balaban J connectivity index is 0.00000288. The molecule has 3 N–H and O–H groups in total. The Kier molecular flexibility index (Phi) is 7.78. The Bertz CT molecular complexity index is 522. The van der Waals surface area contributed by atoms with Gasteiger partial charge in [0.1, 0.15) is 18.5 Å². The summed E-state index contributed by atoms with van der Waals surface area (Å²) in [5, 5.41) is 15.4. The number of halogens is 4. The molecule has 0 aromatic heterocycles. The second-order valence-corrected chi connectivity index (χ2v) is 5.52. The first-order chi connectivity index (χ1) is 10.8. The van der Waals surface area contributed by atoms with Gasteiger partial charge in [0, 0.05) is 13.0 Å². The highest BCUT2D eigenvalue weighted by molar-refractivity contribution is 5.85. The molecule has 1 amide bonds. The minimum Gasteiger partial charge on any atom is -0.491 e. The van der Waals surface area contributed by atoms with E-state index in [0.717, 1.165) is 25.2 Å². The number of carbonyl (C=O) groups excluding carboxylic acids is 1. The van der Waals surface area contributed by atoms with Crippen LogP contribution in [0.1, 0.15) is 12.0 Å². The molecule has 1 unspecified atom stereocenters. The number of ether oxygens (including phenoxy) is 1. The molecule has 1 fully saturated rings. The van der Waals surface area contributed by atoms with E-state index in [2.05, 4.69) is 10.6 Å². The van der Waals surface area contributed by atoms with Crippen molar-refractivity contribution in [1.82, 2.24) is 10.6 Å². The molecule has 1 heterocycles. The predicted octanol–water partition coefficient (Wildman–Crippen LogP) is 1.59. The molecular weight excluding hydrogens is 349 g/mol. The Hall–Kier alpha value is -1.51. The molecule has 24 heavy (non-hydrogen) atoms. The van der Waals surface area contributed by atoms with Gasteiger partial charge in [-0.1, -0.05) is 0 Å². The van der Waals surface area contributed by atoms with E-state index in [0.29, 0.717) is 12.3 Å². The Labute approximate surface area is 144 Å². The molecule has 1 saturated heterocycles. The number of hydrogen-bond donors (Lipinski definition) is 3. The average Bonchev–Trinajstić information content (AvgIpc) is 2.46. The molecule has 2 rings (SSSR count). The largest absolute Gasteiger partial charge is 0.491 e. The van der Waals surface area contributed by atoms with Crippen molar-refractivity contribution in [3.63, 3.8) is 0 Å². The van der Waals surface area contributed by atoms with E-state index in [1.54, 1.807) is 0 Å². The van der Waals surface area contributed by atoms with Gasteiger partial charge in [-0.15, -0.1) is 12.4 Å². The standard InChI is InChI=1S/C15H19F3N2O3.ClH/c16-15(17,18)11-1-3-13(4-2-11)23-9-12(21)8-20-14(22)5-10-6-19-7-10;/h1-4,10,12,19,21H,5-9H2,(H,20,22);1H. The third-order valence-corrected chi connectivity index (χ3v) is 3.50. The summed E-state index contributed by atoms with van der Waals surface area (Å²) in [6.45, 7) is 1.58. The Morgan fingerprint density at radius 1 is 1.33 bits per heavy atom. The number of aliphatic hydroxyl groups is 1. The van der Waals surface area contributed by atoms with Crippen LogP contribution < -0.4 is 15.4 Å². The van der Waals surface area contributed by atoms with Crippen molar-refractivity contribution in [1.29, 1.82) is 0 Å². The van der Waals surface area contributed by atoms with E-state index in [4.69, 9.17) is 4.74 Å². The normalized spacial score (nSPS) is 15.8. The summed E-state index contributed by atoms with van der Waals surface area (Å²) in [7, 11) is 0. The van der Waals surface area contributed by atoms with Gasteiger partial charge < -0.3 is 20.5 Å². The summed E-state index contributed by atoms with van der Waals surface area (Å²) in [4.78, 5) is 11.6. The molecule has 0 aliphatic carbocycles. The summed E-state index contributed by atoms with van der Waals surface area (Å²) in [5.41, 5.74) is -0.761. The van der Waals surface area contributed by atoms with Gasteiger partial charge in [0.15, 0.2) is 0 Å². The highest BCUT2D eigenvalue weighted by atomic mass is 35.5. The maximum Gasteiger partial charge on any atom is 0.416 e. The van der Waals surface area contributed by atoms with Gasteiger partial charge in [0.05, 0.1) is 5.56 Å². The highest BCUT2D eigenvalue weighted by Crippen LogP contribution is 2.30. The summed E-state index contributed by atoms with van der Waals surface area (Å²) >= 11 is 0. The van der Waals surface area contributed by atoms with E-state index in [9.17, 15) is 23.1 Å². The van der Waals surface area contributed by atoms with Gasteiger partial charge >= 0.3 is 6.18 Å². The Morgan fingerprint density at radius 2 is 1.96 bits per heavy atom. The van der Waals surface area contributed by atoms with Crippen molar-refractivity contribution >= 4 is 18.3 Å². The first kappa shape index (κ1) is 20.5. The van der Waals surface area contributed by atoms with Gasteiger partial charge in [-0.2, -0.15) is 13.2 Å². The van der Waals surface area contributed by atoms with Crippen LogP contribution in [0.3, 0.4) is 0 Å². The minimum atomic E-state index is -4.39. The maximum absolute atomic E-state index is 12.4. The summed E-state index contributed by atoms with van der Waals surface area (Å²) in [5.74, 6) is 0.435. The molecule has 136 valence electrons. The first-order valence-corrected chi connectivity index (χ1v) is 7.30. The molecule has 1 atom stereocenters. The van der Waals surface area contributed by atoms with Crippen molar-refractivity contribution in [2.75, 3.05) is 26.2 Å². The second-order valence-electron chi connectivity index (χ2n) is 5.52. The van der Waals surface area contributed by atoms with Gasteiger partial charge in [-0.05, 0) is 43.3 Å². The zero-order valence-corrected chi connectivity index (χ0v) is 13.6. The third-order valence-electron chi connectivity index (χ3n) is 3.50. The van der Waals surface area contributed by atoms with Crippen LogP contribution in [0.5, 0.6) is 5.75 Å². The molecule has 0 bridgehead atoms. The fourth-order valence-corrected chi connectivity index (χ4v) is 2.05. The van der Waals surface area contributed by atoms with Crippen LogP contribution in [0.15, 0.2) is 24.3 Å². The number of carbonyl (C=O) groups is 1. The van der Waals surface area contributed by atoms with E-state index < -0.39 is 17.8 Å². The second kappa shape index (κ2) is 9.10. The molecule has 0 radical (unpaired) electrons. The number of alkyl halides is 3. The van der Waals surface area contributed by atoms with Gasteiger partial charge in [0.2, 0.25) is 5.91 Å². The number of amides is 1. The summed E-state index contributed by atoms with van der Waals surface area (Å²) in [6, 6.07) is 4.21. The van der Waals surface area contributed by atoms with Crippen LogP contribution in [0.2, 0.25) is 0 Å². The number of rotatable bonds is 7. The number of nitrogens with one attached hydrogen (secondary N) is 2. The van der Waals surface area contributed by atoms with Gasteiger partial charge in [0.25, 0.3) is 0 Å². The maximum atomic E-state index is 12.4. The lowest BCUT2D eigenvalue weighted by Gasteiger charge is -2.26. The topological polar surface area (TPSA) is 70.6 Å². The molecule has 1 aromatic rings. The fourth-order valence-electron chi connectivity index (χ4n) is 2.05. The number of hydrogen-bond acceptors (Lipinski definition) is 4. The predicted molar refractivity (Wildman–Crippen MR) is 84.2 cm³/mol. The van der Waals surface area contributed by atoms with Crippen LogP contribution in [0.4, 0.5) is 13.2 Å². The van der Waals surface area contributed by atoms with Gasteiger partial charge in [-0.3, -0.25) is 4.79 Å². The summed E-state index contributed by atoms with van der Waals surface area (Å²) < 4.78 is 42.4. The van der Waals surface area contributed by atoms with Crippen molar-refractivity contribution in [2.45, 2.75) is 18.7 Å². The van der Waals surface area contributed by atoms with E-state index in [1.807, 2.05) is 0 Å². The lowest BCUT2D eigenvalue weighted by molar-refractivity contribution is -0.137. The van der Waals surface area contributed by atoms with Crippen molar-refractivity contribution in [3.05, 3.63) is 29.8 Å². The van der Waals surface area contributed by atoms with Crippen molar-refractivity contribution in [2.24, 2.45) is 5.92 Å². The monoisotopic (exact) mass is 368 g/mol. The zero-order valence-electron chi connectivity index (χ0n) is 12.8. The SMILES string of the molecule is Cl.O=C(CC1CNC1)NCC(O)COc1ccc(C(F)(F)F)cc1. The van der Waals surface area contributed by atoms with Crippen LogP contribution >= 0.6 is 12.4 Å². The average molecular weight is 369 g/mol. The molecule has 1 aromatic carbocycles. The highest BCUT2D eigenvalue weighted by Gasteiger charge is 2.30. The lowest BCUT2D eigenvalue weighted by atomic mass is 9.99. The van der Waals surface area contributed by atoms with Crippen molar-refractivity contribution < 1.29 is 27.8 Å². The lowest BCUT2D eigenvalue weighted by Crippen LogP contribution is -2.45.